The first-order valence-electron chi connectivity index (χ1n) is 6.39. The number of nitrogens with one attached hydrogen (secondary N) is 1. The lowest BCUT2D eigenvalue weighted by Gasteiger charge is -2.43. The number of benzene rings is 1. The summed E-state index contributed by atoms with van der Waals surface area (Å²) in [5.74, 6) is 0.267. The highest BCUT2D eigenvalue weighted by atomic mass is 16.4. The number of nitrogens with zero attached hydrogens (tertiary/aromatic N) is 1. The molecule has 0 aliphatic heterocycles. The van der Waals surface area contributed by atoms with Crippen LogP contribution >= 0.6 is 0 Å². The number of amides is 1. The van der Waals surface area contributed by atoms with E-state index in [1.54, 1.807) is 0 Å². The number of amidine groups is 1. The monoisotopic (exact) mass is 261 g/mol. The Morgan fingerprint density at radius 3 is 2.63 bits per heavy atom. The number of rotatable bonds is 4. The van der Waals surface area contributed by atoms with E-state index in [1.165, 1.54) is 0 Å². The quantitative estimate of drug-likeness (QED) is 0.332. The summed E-state index contributed by atoms with van der Waals surface area (Å²) in [5.41, 5.74) is 5.88. The van der Waals surface area contributed by atoms with Crippen molar-refractivity contribution in [2.75, 3.05) is 0 Å². The molecule has 1 fully saturated rings. The molecule has 0 atom stereocenters. The fraction of sp³-hybridized carbons (Fsp3) is 0.429. The Hall–Kier alpha value is -2.04. The molecule has 0 heterocycles. The molecule has 1 aliphatic rings. The second-order valence-corrected chi connectivity index (χ2v) is 5.25. The van der Waals surface area contributed by atoms with Crippen LogP contribution in [0.25, 0.3) is 0 Å². The molecule has 1 aromatic rings. The topological polar surface area (TPSA) is 87.7 Å². The summed E-state index contributed by atoms with van der Waals surface area (Å²) in [4.78, 5) is 12.3. The predicted molar refractivity (Wildman–Crippen MR) is 72.5 cm³/mol. The van der Waals surface area contributed by atoms with E-state index in [1.807, 2.05) is 37.3 Å². The Labute approximate surface area is 112 Å². The van der Waals surface area contributed by atoms with Gasteiger partial charge in [-0.25, -0.2) is 0 Å². The van der Waals surface area contributed by atoms with Gasteiger partial charge < -0.3 is 16.3 Å². The van der Waals surface area contributed by atoms with Gasteiger partial charge in [0.25, 0.3) is 0 Å². The van der Waals surface area contributed by atoms with Gasteiger partial charge in [-0.3, -0.25) is 4.79 Å². The fourth-order valence-electron chi connectivity index (χ4n) is 2.68. The van der Waals surface area contributed by atoms with E-state index >= 15 is 0 Å². The lowest BCUT2D eigenvalue weighted by molar-refractivity contribution is -0.133. The molecule has 19 heavy (non-hydrogen) atoms. The predicted octanol–water partition coefficient (Wildman–Crippen LogP) is 1.47. The molecule has 0 spiro atoms. The zero-order valence-electron chi connectivity index (χ0n) is 11.0. The summed E-state index contributed by atoms with van der Waals surface area (Å²) >= 11 is 0. The maximum Gasteiger partial charge on any atom is 0.234 e. The lowest BCUT2D eigenvalue weighted by atomic mass is 9.61. The molecule has 2 rings (SSSR count). The molecule has 5 heteroatoms. The van der Waals surface area contributed by atoms with E-state index in [2.05, 4.69) is 10.5 Å². The minimum Gasteiger partial charge on any atom is -0.409 e. The molecule has 0 unspecified atom stereocenters. The highest BCUT2D eigenvalue weighted by molar-refractivity contribution is 6.07. The molecule has 4 N–H and O–H groups in total. The van der Waals surface area contributed by atoms with Crippen molar-refractivity contribution in [1.29, 1.82) is 0 Å². The van der Waals surface area contributed by atoms with Crippen LogP contribution in [0.1, 0.15) is 25.3 Å². The maximum absolute atomic E-state index is 12.3. The van der Waals surface area contributed by atoms with Crippen molar-refractivity contribution in [3.05, 3.63) is 35.9 Å². The van der Waals surface area contributed by atoms with Crippen molar-refractivity contribution >= 4 is 11.7 Å². The van der Waals surface area contributed by atoms with Crippen molar-refractivity contribution in [3.8, 4) is 0 Å². The molecule has 0 radical (unpaired) electrons. The van der Waals surface area contributed by atoms with E-state index < -0.39 is 5.41 Å². The van der Waals surface area contributed by atoms with Crippen LogP contribution < -0.4 is 11.1 Å². The van der Waals surface area contributed by atoms with Crippen molar-refractivity contribution in [2.45, 2.75) is 26.3 Å². The summed E-state index contributed by atoms with van der Waals surface area (Å²) in [6.07, 6.45) is 1.26. The number of hydrogen-bond donors (Lipinski definition) is 3. The zero-order chi connectivity index (χ0) is 13.9. The number of hydrogen-bond acceptors (Lipinski definition) is 3. The molecule has 1 amide bonds. The van der Waals surface area contributed by atoms with Crippen LogP contribution in [0, 0.1) is 11.3 Å². The second kappa shape index (κ2) is 5.30. The number of carbonyl (C=O) groups excluding carboxylic acids is 1. The lowest BCUT2D eigenvalue weighted by Crippen LogP contribution is -2.56. The molecular weight excluding hydrogens is 242 g/mol. The molecule has 5 nitrogen and oxygen atoms in total. The molecule has 102 valence electrons. The molecule has 1 aromatic carbocycles. The van der Waals surface area contributed by atoms with Crippen LogP contribution in [0.4, 0.5) is 0 Å². The van der Waals surface area contributed by atoms with Crippen LogP contribution in [0.5, 0.6) is 0 Å². The Bertz CT molecular complexity index is 479. The molecule has 1 saturated carbocycles. The molecule has 0 bridgehead atoms. The van der Waals surface area contributed by atoms with Gasteiger partial charge >= 0.3 is 0 Å². The van der Waals surface area contributed by atoms with E-state index in [9.17, 15) is 4.79 Å². The summed E-state index contributed by atoms with van der Waals surface area (Å²) in [6, 6.07) is 9.66. The molecular formula is C14H19N3O2. The van der Waals surface area contributed by atoms with Crippen molar-refractivity contribution in [3.63, 3.8) is 0 Å². The summed E-state index contributed by atoms with van der Waals surface area (Å²) in [6.45, 7) is 2.50. The van der Waals surface area contributed by atoms with Crippen molar-refractivity contribution in [2.24, 2.45) is 22.2 Å². The van der Waals surface area contributed by atoms with Crippen LogP contribution in [-0.4, -0.2) is 17.0 Å². The smallest absolute Gasteiger partial charge is 0.234 e. The Morgan fingerprint density at radius 1 is 1.47 bits per heavy atom. The van der Waals surface area contributed by atoms with Gasteiger partial charge in [-0.15, -0.1) is 0 Å². The first-order valence-corrected chi connectivity index (χ1v) is 6.39. The third-order valence-electron chi connectivity index (χ3n) is 3.72. The fourth-order valence-corrected chi connectivity index (χ4v) is 2.68. The zero-order valence-corrected chi connectivity index (χ0v) is 11.0. The van der Waals surface area contributed by atoms with Crippen molar-refractivity contribution < 1.29 is 10.0 Å². The molecule has 1 aliphatic carbocycles. The highest BCUT2D eigenvalue weighted by Crippen LogP contribution is 2.45. The van der Waals surface area contributed by atoms with Gasteiger partial charge in [-0.05, 0) is 24.3 Å². The second-order valence-electron chi connectivity index (χ2n) is 5.25. The minimum atomic E-state index is -0.830. The SMILES string of the molecule is CC1CC(C(=O)NCc2ccccc2)(/C(N)=N/O)C1. The number of oxime groups is 1. The van der Waals surface area contributed by atoms with Gasteiger partial charge in [-0.1, -0.05) is 42.4 Å². The van der Waals surface area contributed by atoms with Crippen LogP contribution in [0.3, 0.4) is 0 Å². The van der Waals surface area contributed by atoms with E-state index in [0.29, 0.717) is 25.3 Å². The largest absolute Gasteiger partial charge is 0.409 e. The Morgan fingerprint density at radius 2 is 2.11 bits per heavy atom. The van der Waals surface area contributed by atoms with Crippen LogP contribution in [-0.2, 0) is 11.3 Å². The third-order valence-corrected chi connectivity index (χ3v) is 3.72. The Kier molecular flexibility index (Phi) is 3.74. The van der Waals surface area contributed by atoms with Crippen molar-refractivity contribution in [1.82, 2.24) is 5.32 Å². The first-order chi connectivity index (χ1) is 9.08. The van der Waals surface area contributed by atoms with Gasteiger partial charge in [0.15, 0.2) is 5.84 Å². The standard InChI is InChI=1S/C14H19N3O2/c1-10-7-14(8-10,12(15)17-19)13(18)16-9-11-5-3-2-4-6-11/h2-6,10,19H,7-9H2,1H3,(H2,15,17)(H,16,18). The number of carbonyl (C=O) groups is 1. The first kappa shape index (κ1) is 13.4. The van der Waals surface area contributed by atoms with Crippen LogP contribution in [0.2, 0.25) is 0 Å². The molecule has 0 aromatic heterocycles. The van der Waals surface area contributed by atoms with Gasteiger partial charge in [0.05, 0.1) is 0 Å². The van der Waals surface area contributed by atoms with E-state index in [4.69, 9.17) is 10.9 Å². The van der Waals surface area contributed by atoms with Gasteiger partial charge in [0.1, 0.15) is 5.41 Å². The summed E-state index contributed by atoms with van der Waals surface area (Å²) in [7, 11) is 0. The third kappa shape index (κ3) is 2.54. The normalized spacial score (nSPS) is 26.6. The van der Waals surface area contributed by atoms with E-state index in [-0.39, 0.29) is 11.7 Å². The highest BCUT2D eigenvalue weighted by Gasteiger charge is 2.52. The van der Waals surface area contributed by atoms with Crippen LogP contribution in [0.15, 0.2) is 35.5 Å². The average molecular weight is 261 g/mol. The maximum atomic E-state index is 12.3. The van der Waals surface area contributed by atoms with Gasteiger partial charge in [0.2, 0.25) is 5.91 Å². The summed E-state index contributed by atoms with van der Waals surface area (Å²) < 4.78 is 0. The van der Waals surface area contributed by atoms with Gasteiger partial charge in [-0.2, -0.15) is 0 Å². The average Bonchev–Trinajstić information content (AvgIpc) is 2.41. The summed E-state index contributed by atoms with van der Waals surface area (Å²) in [5, 5.41) is 14.7. The number of nitrogens with two attached hydrogens (primary N) is 1. The minimum absolute atomic E-state index is 0.0103. The Balaban J connectivity index is 2.02. The molecule has 0 saturated heterocycles. The van der Waals surface area contributed by atoms with Gasteiger partial charge in [0, 0.05) is 6.54 Å². The van der Waals surface area contributed by atoms with E-state index in [0.717, 1.165) is 5.56 Å².